The smallest absolute Gasteiger partial charge is 0.269 e. The highest BCUT2D eigenvalue weighted by molar-refractivity contribution is 6.69. The minimum absolute atomic E-state index is 0. The summed E-state index contributed by atoms with van der Waals surface area (Å²) in [6.45, 7) is 0. The number of hydrogen-bond donors (Lipinski definition) is 2. The highest BCUT2D eigenvalue weighted by atomic mass is 16.4. The van der Waals surface area contributed by atoms with E-state index in [1.807, 2.05) is 0 Å². The van der Waals surface area contributed by atoms with E-state index in [4.69, 9.17) is 10.2 Å². The first-order chi connectivity index (χ1) is 4.55. The average Bonchev–Trinajstić information content (AvgIpc) is 2.07. The molecule has 1 aliphatic rings. The van der Waals surface area contributed by atoms with Gasteiger partial charge in [-0.3, -0.25) is 14.4 Å². The molecule has 8 N–H and O–H groups in total. The van der Waals surface area contributed by atoms with Crippen molar-refractivity contribution in [2.75, 3.05) is 0 Å². The van der Waals surface area contributed by atoms with Gasteiger partial charge in [0.15, 0.2) is 12.2 Å². The lowest BCUT2D eigenvalue weighted by atomic mass is 10.2. The first-order valence-corrected chi connectivity index (χ1v) is 2.54. The van der Waals surface area contributed by atoms with E-state index >= 15 is 0 Å². The minimum Gasteiger partial charge on any atom is -0.412 e. The highest BCUT2D eigenvalue weighted by Gasteiger charge is 2.47. The standard InChI is InChI=1S/C5H4O5.3H2O/c6-1-2(7)4(9)5(10)3(1)8;;;/h1-2,6-7H;3*1H2. The van der Waals surface area contributed by atoms with Gasteiger partial charge in [-0.15, -0.1) is 0 Å². The van der Waals surface area contributed by atoms with Crippen LogP contribution in [0.2, 0.25) is 0 Å². The molecular weight excluding hydrogens is 188 g/mol. The van der Waals surface area contributed by atoms with Gasteiger partial charge in [-0.25, -0.2) is 0 Å². The summed E-state index contributed by atoms with van der Waals surface area (Å²) in [4.78, 5) is 31.0. The molecule has 8 nitrogen and oxygen atoms in total. The number of ketones is 3. The van der Waals surface area contributed by atoms with Gasteiger partial charge in [0.1, 0.15) is 0 Å². The molecule has 0 radical (unpaired) electrons. The summed E-state index contributed by atoms with van der Waals surface area (Å²) >= 11 is 0. The molecule has 0 aromatic heterocycles. The molecule has 1 aliphatic carbocycles. The SMILES string of the molecule is O.O.O.O=C1C(=O)C(O)C(O)C1=O. The molecule has 8 heteroatoms. The molecule has 13 heavy (non-hydrogen) atoms. The van der Waals surface area contributed by atoms with Gasteiger partial charge >= 0.3 is 0 Å². The van der Waals surface area contributed by atoms with Crippen LogP contribution in [0.4, 0.5) is 0 Å². The fourth-order valence-corrected chi connectivity index (χ4v) is 0.677. The van der Waals surface area contributed by atoms with E-state index < -0.39 is 29.6 Å². The van der Waals surface area contributed by atoms with Crippen molar-refractivity contribution in [1.29, 1.82) is 0 Å². The van der Waals surface area contributed by atoms with Crippen LogP contribution in [0, 0.1) is 0 Å². The molecular formula is C5H10O8. The van der Waals surface area contributed by atoms with Crippen LogP contribution in [0.3, 0.4) is 0 Å². The van der Waals surface area contributed by atoms with Crippen LogP contribution in [0.25, 0.3) is 0 Å². The van der Waals surface area contributed by atoms with Crippen LogP contribution in [0.5, 0.6) is 0 Å². The molecule has 1 saturated carbocycles. The lowest BCUT2D eigenvalue weighted by Crippen LogP contribution is -2.27. The summed E-state index contributed by atoms with van der Waals surface area (Å²) in [6.07, 6.45) is -3.69. The zero-order valence-electron chi connectivity index (χ0n) is 6.27. The molecule has 2 unspecified atom stereocenters. The van der Waals surface area contributed by atoms with Gasteiger partial charge in [0.05, 0.1) is 0 Å². The second-order valence-corrected chi connectivity index (χ2v) is 1.95. The van der Waals surface area contributed by atoms with E-state index in [1.54, 1.807) is 0 Å². The molecule has 0 heterocycles. The number of carbonyl (C=O) groups is 3. The fraction of sp³-hybridized carbons (Fsp3) is 0.400. The molecule has 0 saturated heterocycles. The summed E-state index contributed by atoms with van der Waals surface area (Å²) in [5.74, 6) is -3.77. The van der Waals surface area contributed by atoms with Crippen molar-refractivity contribution in [3.05, 3.63) is 0 Å². The van der Waals surface area contributed by atoms with Crippen LogP contribution in [-0.2, 0) is 14.4 Å². The lowest BCUT2D eigenvalue weighted by molar-refractivity contribution is -0.141. The summed E-state index contributed by atoms with van der Waals surface area (Å²) in [7, 11) is 0. The summed E-state index contributed by atoms with van der Waals surface area (Å²) in [5, 5.41) is 17.1. The van der Waals surface area contributed by atoms with Gasteiger partial charge in [-0.1, -0.05) is 0 Å². The quantitative estimate of drug-likeness (QED) is 0.368. The van der Waals surface area contributed by atoms with Crippen molar-refractivity contribution in [1.82, 2.24) is 0 Å². The van der Waals surface area contributed by atoms with E-state index in [0.717, 1.165) is 0 Å². The third-order valence-corrected chi connectivity index (χ3v) is 1.28. The highest BCUT2D eigenvalue weighted by Crippen LogP contribution is 2.07. The zero-order valence-corrected chi connectivity index (χ0v) is 6.27. The van der Waals surface area contributed by atoms with E-state index in [0.29, 0.717) is 0 Å². The molecule has 0 aromatic rings. The Hall–Kier alpha value is -1.19. The third-order valence-electron chi connectivity index (χ3n) is 1.28. The maximum Gasteiger partial charge on any atom is 0.269 e. The number of hydrogen-bond acceptors (Lipinski definition) is 5. The zero-order chi connectivity index (χ0) is 7.89. The largest absolute Gasteiger partial charge is 0.412 e. The van der Waals surface area contributed by atoms with E-state index in [2.05, 4.69) is 0 Å². The van der Waals surface area contributed by atoms with Crippen molar-refractivity contribution in [3.63, 3.8) is 0 Å². The summed E-state index contributed by atoms with van der Waals surface area (Å²) in [6, 6.07) is 0. The predicted octanol–water partition coefficient (Wildman–Crippen LogP) is -5.04. The Morgan fingerprint density at radius 3 is 1.08 bits per heavy atom. The van der Waals surface area contributed by atoms with Gasteiger partial charge in [0.25, 0.3) is 5.78 Å². The second kappa shape index (κ2) is 5.45. The van der Waals surface area contributed by atoms with Gasteiger partial charge in [-0.05, 0) is 0 Å². The second-order valence-electron chi connectivity index (χ2n) is 1.95. The van der Waals surface area contributed by atoms with Crippen molar-refractivity contribution >= 4 is 17.3 Å². The Kier molecular flexibility index (Phi) is 7.46. The monoisotopic (exact) mass is 198 g/mol. The molecule has 0 aromatic carbocycles. The first-order valence-electron chi connectivity index (χ1n) is 2.54. The topological polar surface area (TPSA) is 186 Å². The molecule has 0 spiro atoms. The van der Waals surface area contributed by atoms with Crippen LogP contribution < -0.4 is 0 Å². The Bertz CT molecular complexity index is 199. The van der Waals surface area contributed by atoms with E-state index in [9.17, 15) is 14.4 Å². The fourth-order valence-electron chi connectivity index (χ4n) is 0.677. The van der Waals surface area contributed by atoms with Crippen LogP contribution in [0.1, 0.15) is 0 Å². The predicted molar refractivity (Wildman–Crippen MR) is 37.9 cm³/mol. The maximum atomic E-state index is 10.3. The number of aliphatic hydroxyl groups excluding tert-OH is 2. The lowest BCUT2D eigenvalue weighted by Gasteiger charge is -1.99. The summed E-state index contributed by atoms with van der Waals surface area (Å²) < 4.78 is 0. The minimum atomic E-state index is -1.85. The van der Waals surface area contributed by atoms with Gasteiger partial charge in [0, 0.05) is 0 Å². The molecule has 78 valence electrons. The molecule has 0 aliphatic heterocycles. The van der Waals surface area contributed by atoms with Gasteiger partial charge in [-0.2, -0.15) is 0 Å². The molecule has 0 amide bonds. The molecule has 1 rings (SSSR count). The van der Waals surface area contributed by atoms with E-state index in [-0.39, 0.29) is 16.4 Å². The maximum absolute atomic E-state index is 10.3. The van der Waals surface area contributed by atoms with Crippen LogP contribution >= 0.6 is 0 Å². The number of aliphatic hydroxyl groups is 2. The molecule has 2 atom stereocenters. The van der Waals surface area contributed by atoms with Crippen molar-refractivity contribution in [2.45, 2.75) is 12.2 Å². The Morgan fingerprint density at radius 1 is 0.769 bits per heavy atom. The van der Waals surface area contributed by atoms with Crippen molar-refractivity contribution in [3.8, 4) is 0 Å². The first kappa shape index (κ1) is 17.8. The molecule has 1 fully saturated rings. The Morgan fingerprint density at radius 2 is 1.00 bits per heavy atom. The van der Waals surface area contributed by atoms with Crippen molar-refractivity contribution in [2.24, 2.45) is 0 Å². The summed E-state index contributed by atoms with van der Waals surface area (Å²) in [5.41, 5.74) is 0. The van der Waals surface area contributed by atoms with Gasteiger partial charge < -0.3 is 26.6 Å². The van der Waals surface area contributed by atoms with Crippen molar-refractivity contribution < 1.29 is 41.0 Å². The normalized spacial score (nSPS) is 25.8. The number of carbonyl (C=O) groups excluding carboxylic acids is 3. The van der Waals surface area contributed by atoms with Crippen LogP contribution in [-0.4, -0.2) is 56.2 Å². The molecule has 0 bridgehead atoms. The number of rotatable bonds is 0. The van der Waals surface area contributed by atoms with E-state index in [1.165, 1.54) is 0 Å². The Balaban J connectivity index is -0.000000333. The third kappa shape index (κ3) is 2.37. The average molecular weight is 198 g/mol. The van der Waals surface area contributed by atoms with Gasteiger partial charge in [0.2, 0.25) is 11.6 Å². The van der Waals surface area contributed by atoms with Crippen LogP contribution in [0.15, 0.2) is 0 Å². The number of Topliss-reactive ketones (excluding diaryl/α,β-unsaturated/α-hetero) is 3. The Labute approximate surface area is 71.7 Å².